The number of hydrogen-bond donors (Lipinski definition) is 3. The number of likely N-dealkylation sites (tertiary alicyclic amines) is 1. The Bertz CT molecular complexity index is 969. The average Bonchev–Trinajstić information content (AvgIpc) is 3.28. The zero-order valence-electron chi connectivity index (χ0n) is 19.5. The normalized spacial score (nSPS) is 21.6. The highest BCUT2D eigenvalue weighted by atomic mass is 35.5. The quantitative estimate of drug-likeness (QED) is 0.294. The highest BCUT2D eigenvalue weighted by molar-refractivity contribution is 5.90. The Morgan fingerprint density at radius 1 is 1.11 bits per heavy atom. The van der Waals surface area contributed by atoms with E-state index >= 15 is 0 Å². The molecule has 0 spiro atoms. The van der Waals surface area contributed by atoms with E-state index in [1.54, 1.807) is 11.1 Å². The summed E-state index contributed by atoms with van der Waals surface area (Å²) in [5.74, 6) is 5.75. The second-order valence-electron chi connectivity index (χ2n) is 8.54. The second-order valence-corrected chi connectivity index (χ2v) is 8.54. The van der Waals surface area contributed by atoms with Gasteiger partial charge in [0, 0.05) is 13.0 Å². The van der Waals surface area contributed by atoms with Crippen molar-refractivity contribution in [1.29, 1.82) is 0 Å². The van der Waals surface area contributed by atoms with Crippen LogP contribution in [0.25, 0.3) is 0 Å². The van der Waals surface area contributed by atoms with Crippen LogP contribution in [0.2, 0.25) is 0 Å². The zero-order valence-corrected chi connectivity index (χ0v) is 21.1. The van der Waals surface area contributed by atoms with E-state index in [9.17, 15) is 9.59 Å². The van der Waals surface area contributed by atoms with Crippen molar-refractivity contribution in [1.82, 2.24) is 15.5 Å². The van der Waals surface area contributed by atoms with Crippen LogP contribution in [0.3, 0.4) is 0 Å². The largest absolute Gasteiger partial charge is 0.488 e. The van der Waals surface area contributed by atoms with Crippen LogP contribution in [0.1, 0.15) is 36.8 Å². The number of para-hydroxylation sites is 1. The summed E-state index contributed by atoms with van der Waals surface area (Å²) >= 11 is 0. The molecule has 8 nitrogen and oxygen atoms in total. The van der Waals surface area contributed by atoms with Gasteiger partial charge in [0.1, 0.15) is 17.9 Å². The fourth-order valence-corrected chi connectivity index (χ4v) is 4.44. The van der Waals surface area contributed by atoms with Gasteiger partial charge in [-0.3, -0.25) is 9.59 Å². The first-order chi connectivity index (χ1) is 16.1. The molecule has 2 heterocycles. The lowest BCUT2D eigenvalue weighted by Gasteiger charge is -2.30. The summed E-state index contributed by atoms with van der Waals surface area (Å²) in [6.07, 6.45) is 4.69. The number of halogens is 2. The monoisotopic (exact) mass is 521 g/mol. The maximum atomic E-state index is 13.3. The molecule has 0 unspecified atom stereocenters. The lowest BCUT2D eigenvalue weighted by atomic mass is 10.0. The van der Waals surface area contributed by atoms with Crippen LogP contribution < -0.4 is 21.2 Å². The van der Waals surface area contributed by atoms with E-state index in [0.717, 1.165) is 42.7 Å². The molecule has 2 aliphatic rings. The molecule has 3 atom stereocenters. The summed E-state index contributed by atoms with van der Waals surface area (Å²) in [5, 5.41) is 9.82. The summed E-state index contributed by atoms with van der Waals surface area (Å²) in [6, 6.07) is 16.4. The molecule has 2 fully saturated rings. The van der Waals surface area contributed by atoms with Gasteiger partial charge in [0.2, 0.25) is 11.8 Å². The van der Waals surface area contributed by atoms with E-state index in [2.05, 4.69) is 15.7 Å². The minimum absolute atomic E-state index is 0. The SMILES string of the molecule is Cl.Cl.NN=Cc1ccc(CNC(=O)[C@@H]2C[C@H](Oc3ccccc3)CN2C(=O)[C@H]2CCCCN2)cc1. The predicted octanol–water partition coefficient (Wildman–Crippen LogP) is 2.63. The Hall–Kier alpha value is -2.81. The number of nitrogens with two attached hydrogens (primary N) is 1. The van der Waals surface area contributed by atoms with E-state index in [1.165, 1.54) is 0 Å². The lowest BCUT2D eigenvalue weighted by Crippen LogP contribution is -2.53. The van der Waals surface area contributed by atoms with Crippen molar-refractivity contribution in [3.63, 3.8) is 0 Å². The van der Waals surface area contributed by atoms with E-state index < -0.39 is 6.04 Å². The molecule has 4 rings (SSSR count). The molecule has 190 valence electrons. The molecule has 4 N–H and O–H groups in total. The van der Waals surface area contributed by atoms with Gasteiger partial charge in [0.15, 0.2) is 0 Å². The van der Waals surface area contributed by atoms with E-state index in [0.29, 0.717) is 19.5 Å². The Labute approximate surface area is 218 Å². The lowest BCUT2D eigenvalue weighted by molar-refractivity contribution is -0.140. The number of benzene rings is 2. The highest BCUT2D eigenvalue weighted by Crippen LogP contribution is 2.25. The Morgan fingerprint density at radius 2 is 1.86 bits per heavy atom. The molecule has 0 aliphatic carbocycles. The number of piperidine rings is 1. The molecule has 0 saturated carbocycles. The van der Waals surface area contributed by atoms with E-state index in [4.69, 9.17) is 10.6 Å². The third-order valence-corrected chi connectivity index (χ3v) is 6.17. The summed E-state index contributed by atoms with van der Waals surface area (Å²) in [6.45, 7) is 1.61. The molecule has 35 heavy (non-hydrogen) atoms. The first-order valence-electron chi connectivity index (χ1n) is 11.5. The molecule has 2 aromatic rings. The number of ether oxygens (including phenoxy) is 1. The smallest absolute Gasteiger partial charge is 0.243 e. The Balaban J connectivity index is 0.00000216. The van der Waals surface area contributed by atoms with Crippen LogP contribution in [0.15, 0.2) is 59.7 Å². The summed E-state index contributed by atoms with van der Waals surface area (Å²) in [7, 11) is 0. The van der Waals surface area contributed by atoms with Crippen molar-refractivity contribution in [2.75, 3.05) is 13.1 Å². The molecule has 0 radical (unpaired) electrons. The van der Waals surface area contributed by atoms with Gasteiger partial charge < -0.3 is 26.1 Å². The van der Waals surface area contributed by atoms with Gasteiger partial charge in [-0.1, -0.05) is 48.9 Å². The van der Waals surface area contributed by atoms with Gasteiger partial charge >= 0.3 is 0 Å². The van der Waals surface area contributed by atoms with Crippen molar-refractivity contribution in [3.05, 3.63) is 65.7 Å². The molecule has 2 saturated heterocycles. The third-order valence-electron chi connectivity index (χ3n) is 6.17. The number of rotatable bonds is 7. The van der Waals surface area contributed by atoms with Gasteiger partial charge in [-0.2, -0.15) is 5.10 Å². The maximum absolute atomic E-state index is 13.3. The van der Waals surface area contributed by atoms with Gasteiger partial charge in [-0.15, -0.1) is 24.8 Å². The molecular weight excluding hydrogens is 489 g/mol. The zero-order chi connectivity index (χ0) is 23.0. The van der Waals surface area contributed by atoms with E-state index in [1.807, 2.05) is 54.6 Å². The number of nitrogens with zero attached hydrogens (tertiary/aromatic N) is 2. The van der Waals surface area contributed by atoms with Crippen LogP contribution in [0.4, 0.5) is 0 Å². The Morgan fingerprint density at radius 3 is 2.51 bits per heavy atom. The number of carbonyl (C=O) groups is 2. The highest BCUT2D eigenvalue weighted by Gasteiger charge is 2.42. The Kier molecular flexibility index (Phi) is 11.3. The number of hydrogen-bond acceptors (Lipinski definition) is 6. The van der Waals surface area contributed by atoms with Crippen LogP contribution in [-0.2, 0) is 16.1 Å². The van der Waals surface area contributed by atoms with Crippen molar-refractivity contribution < 1.29 is 14.3 Å². The number of carbonyl (C=O) groups excluding carboxylic acids is 2. The van der Waals surface area contributed by atoms with Gasteiger partial charge in [-0.25, -0.2) is 0 Å². The number of amides is 2. The van der Waals surface area contributed by atoms with Crippen molar-refractivity contribution >= 4 is 42.8 Å². The van der Waals surface area contributed by atoms with Gasteiger partial charge in [0.05, 0.1) is 18.8 Å². The standard InChI is InChI=1S/C25H31N5O3.2ClH/c26-29-16-19-11-9-18(10-12-19)15-28-24(31)23-14-21(33-20-6-2-1-3-7-20)17-30(23)25(32)22-8-4-5-13-27-22;;/h1-3,6-7,9-12,16,21-23,27H,4-5,8,13-15,17,26H2,(H,28,31);2*1H/t21-,22+,23-;;/m0../s1. The summed E-state index contributed by atoms with van der Waals surface area (Å²) in [4.78, 5) is 28.2. The average molecular weight is 522 g/mol. The fourth-order valence-electron chi connectivity index (χ4n) is 4.44. The first-order valence-corrected chi connectivity index (χ1v) is 11.5. The summed E-state index contributed by atoms with van der Waals surface area (Å²) in [5.41, 5.74) is 1.85. The third kappa shape index (κ3) is 7.59. The fraction of sp³-hybridized carbons (Fsp3) is 0.400. The van der Waals surface area contributed by atoms with Crippen LogP contribution >= 0.6 is 24.8 Å². The van der Waals surface area contributed by atoms with Crippen molar-refractivity contribution in [2.45, 2.75) is 50.4 Å². The molecule has 0 aromatic heterocycles. The first kappa shape index (κ1) is 28.4. The molecule has 0 bridgehead atoms. The van der Waals surface area contributed by atoms with Gasteiger partial charge in [0.25, 0.3) is 0 Å². The van der Waals surface area contributed by atoms with Crippen LogP contribution in [0, 0.1) is 0 Å². The molecule has 2 aromatic carbocycles. The van der Waals surface area contributed by atoms with Crippen LogP contribution in [-0.4, -0.2) is 54.2 Å². The second kappa shape index (κ2) is 13.9. The van der Waals surface area contributed by atoms with Crippen LogP contribution in [0.5, 0.6) is 5.75 Å². The topological polar surface area (TPSA) is 109 Å². The van der Waals surface area contributed by atoms with Gasteiger partial charge in [-0.05, 0) is 42.6 Å². The summed E-state index contributed by atoms with van der Waals surface area (Å²) < 4.78 is 6.11. The number of hydrazone groups is 1. The minimum atomic E-state index is -0.557. The molecule has 2 aliphatic heterocycles. The maximum Gasteiger partial charge on any atom is 0.243 e. The molecular formula is C25H33Cl2N5O3. The molecule has 10 heteroatoms. The number of nitrogens with one attached hydrogen (secondary N) is 2. The van der Waals surface area contributed by atoms with Crippen molar-refractivity contribution in [3.8, 4) is 5.75 Å². The minimum Gasteiger partial charge on any atom is -0.488 e. The van der Waals surface area contributed by atoms with Crippen molar-refractivity contribution in [2.24, 2.45) is 10.9 Å². The molecule has 2 amide bonds. The predicted molar refractivity (Wildman–Crippen MR) is 141 cm³/mol. The van der Waals surface area contributed by atoms with E-state index in [-0.39, 0.29) is 48.8 Å².